The average molecular weight is 293 g/mol. The summed E-state index contributed by atoms with van der Waals surface area (Å²) in [4.78, 5) is 3.88. The Hall–Kier alpha value is -1.53. The van der Waals surface area contributed by atoms with E-state index in [0.717, 1.165) is 0 Å². The summed E-state index contributed by atoms with van der Waals surface area (Å²) in [6, 6.07) is 6.96. The molecule has 0 bridgehead atoms. The highest BCUT2D eigenvalue weighted by molar-refractivity contribution is 6.76. The van der Waals surface area contributed by atoms with Crippen molar-refractivity contribution in [2.45, 2.75) is 37.8 Å². The molecule has 0 aliphatic rings. The molecular weight excluding hydrogens is 273 g/mol. The lowest BCUT2D eigenvalue weighted by Crippen LogP contribution is -2.40. The maximum atomic E-state index is 14.1. The summed E-state index contributed by atoms with van der Waals surface area (Å²) >= 11 is 0. The molecule has 0 saturated carbocycles. The first-order valence-corrected chi connectivity index (χ1v) is 10.3. The van der Waals surface area contributed by atoms with Crippen molar-refractivity contribution in [1.29, 1.82) is 0 Å². The molecule has 108 valence electrons. The van der Waals surface area contributed by atoms with E-state index in [9.17, 15) is 9.50 Å². The number of benzene rings is 1. The Labute approximate surface area is 119 Å². The van der Waals surface area contributed by atoms with Crippen LogP contribution >= 0.6 is 0 Å². The van der Waals surface area contributed by atoms with Crippen LogP contribution in [0.25, 0.3) is 0 Å². The fourth-order valence-electron chi connectivity index (χ4n) is 2.53. The topological polar surface area (TPSA) is 50.9 Å². The van der Waals surface area contributed by atoms with Gasteiger partial charge in [-0.1, -0.05) is 37.8 Å². The third kappa shape index (κ3) is 3.52. The molecule has 0 amide bonds. The lowest BCUT2D eigenvalue weighted by molar-refractivity contribution is 0.0297. The van der Waals surface area contributed by atoms with Crippen LogP contribution in [0.5, 0.6) is 0 Å². The molecule has 0 radical (unpaired) electrons. The maximum Gasteiger partial charge on any atom is 0.137 e. The van der Waals surface area contributed by atoms with Crippen LogP contribution in [0.3, 0.4) is 0 Å². The van der Waals surface area contributed by atoms with E-state index in [0.29, 0.717) is 11.6 Å². The quantitative estimate of drug-likeness (QED) is 0.862. The highest BCUT2D eigenvalue weighted by atomic mass is 28.3. The number of aromatic nitrogens is 3. The van der Waals surface area contributed by atoms with Crippen LogP contribution in [0, 0.1) is 5.82 Å². The first kappa shape index (κ1) is 14.9. The van der Waals surface area contributed by atoms with E-state index in [1.807, 2.05) is 0 Å². The van der Waals surface area contributed by atoms with Crippen molar-refractivity contribution < 1.29 is 9.50 Å². The summed E-state index contributed by atoms with van der Waals surface area (Å²) in [7, 11) is -1.61. The van der Waals surface area contributed by atoms with Gasteiger partial charge in [0.1, 0.15) is 24.1 Å². The Morgan fingerprint density at radius 1 is 1.30 bits per heavy atom. The highest BCUT2D eigenvalue weighted by Gasteiger charge is 2.37. The molecule has 2 rings (SSSR count). The van der Waals surface area contributed by atoms with Gasteiger partial charge in [-0.05, 0) is 12.1 Å². The second-order valence-electron chi connectivity index (χ2n) is 6.34. The Bertz CT molecular complexity index is 568. The van der Waals surface area contributed by atoms with E-state index in [1.165, 1.54) is 18.7 Å². The fourth-order valence-corrected chi connectivity index (χ4v) is 4.59. The van der Waals surface area contributed by atoms with Crippen molar-refractivity contribution in [3.05, 3.63) is 48.3 Å². The molecular formula is C14H20FN3OSi. The van der Waals surface area contributed by atoms with Crippen LogP contribution < -0.4 is 0 Å². The molecule has 6 heteroatoms. The normalized spacial score (nSPS) is 15.1. The van der Waals surface area contributed by atoms with Gasteiger partial charge in [-0.2, -0.15) is 5.10 Å². The molecule has 0 fully saturated rings. The molecule has 1 atom stereocenters. The lowest BCUT2D eigenvalue weighted by Gasteiger charge is -2.34. The lowest BCUT2D eigenvalue weighted by atomic mass is 9.95. The molecule has 0 saturated heterocycles. The van der Waals surface area contributed by atoms with Crippen molar-refractivity contribution in [3.63, 3.8) is 0 Å². The van der Waals surface area contributed by atoms with Gasteiger partial charge >= 0.3 is 0 Å². The first-order chi connectivity index (χ1) is 9.30. The maximum absolute atomic E-state index is 14.1. The second kappa shape index (κ2) is 5.45. The summed E-state index contributed by atoms with van der Waals surface area (Å²) in [5.41, 5.74) is -0.929. The summed E-state index contributed by atoms with van der Waals surface area (Å²) in [6.07, 6.45) is 2.95. The number of halogens is 1. The third-order valence-electron chi connectivity index (χ3n) is 3.09. The molecule has 1 aromatic carbocycles. The Kier molecular flexibility index (Phi) is 4.05. The van der Waals surface area contributed by atoms with E-state index >= 15 is 0 Å². The summed E-state index contributed by atoms with van der Waals surface area (Å²) in [5.74, 6) is -0.381. The van der Waals surface area contributed by atoms with Crippen LogP contribution in [-0.2, 0) is 12.1 Å². The van der Waals surface area contributed by atoms with Gasteiger partial charge in [0.2, 0.25) is 0 Å². The van der Waals surface area contributed by atoms with Gasteiger partial charge in [0.05, 0.1) is 6.54 Å². The Morgan fingerprint density at radius 2 is 2.00 bits per heavy atom. The number of hydrogen-bond acceptors (Lipinski definition) is 3. The minimum atomic E-state index is -1.61. The number of aliphatic hydroxyl groups is 1. The fraction of sp³-hybridized carbons (Fsp3) is 0.429. The van der Waals surface area contributed by atoms with Crippen LogP contribution in [0.2, 0.25) is 25.7 Å². The summed E-state index contributed by atoms with van der Waals surface area (Å²) in [5, 5.41) is 15.1. The molecule has 0 aliphatic heterocycles. The minimum absolute atomic E-state index is 0.207. The SMILES string of the molecule is C[Si](C)(C)CC(O)(Cn1cncn1)c1ccccc1F. The predicted molar refractivity (Wildman–Crippen MR) is 78.5 cm³/mol. The molecule has 0 aliphatic carbocycles. The van der Waals surface area contributed by atoms with E-state index in [1.54, 1.807) is 22.9 Å². The monoisotopic (exact) mass is 293 g/mol. The van der Waals surface area contributed by atoms with Crippen LogP contribution in [-0.4, -0.2) is 27.9 Å². The summed E-state index contributed by atoms with van der Waals surface area (Å²) < 4.78 is 15.6. The zero-order chi connectivity index (χ0) is 14.8. The molecule has 2 aromatic rings. The van der Waals surface area contributed by atoms with Crippen molar-refractivity contribution in [2.75, 3.05) is 0 Å². The van der Waals surface area contributed by atoms with Crippen LogP contribution in [0.15, 0.2) is 36.9 Å². The Morgan fingerprint density at radius 3 is 2.55 bits per heavy atom. The zero-order valence-electron chi connectivity index (χ0n) is 12.0. The van der Waals surface area contributed by atoms with Gasteiger partial charge in [-0.15, -0.1) is 0 Å². The van der Waals surface area contributed by atoms with Gasteiger partial charge in [-0.3, -0.25) is 0 Å². The molecule has 20 heavy (non-hydrogen) atoms. The predicted octanol–water partition coefficient (Wildman–Crippen LogP) is 2.64. The Balaban J connectivity index is 2.41. The van der Waals surface area contributed by atoms with E-state index < -0.39 is 13.7 Å². The van der Waals surface area contributed by atoms with Crippen LogP contribution in [0.4, 0.5) is 4.39 Å². The van der Waals surface area contributed by atoms with Crippen LogP contribution in [0.1, 0.15) is 5.56 Å². The number of nitrogens with zero attached hydrogens (tertiary/aromatic N) is 3. The first-order valence-electron chi connectivity index (χ1n) is 6.60. The molecule has 1 unspecified atom stereocenters. The van der Waals surface area contributed by atoms with E-state index in [2.05, 4.69) is 29.7 Å². The van der Waals surface area contributed by atoms with Gasteiger partial charge in [0.25, 0.3) is 0 Å². The number of rotatable bonds is 5. The number of hydrogen-bond donors (Lipinski definition) is 1. The van der Waals surface area contributed by atoms with Gasteiger partial charge in [0.15, 0.2) is 0 Å². The van der Waals surface area contributed by atoms with Gasteiger partial charge in [0, 0.05) is 13.6 Å². The zero-order valence-corrected chi connectivity index (χ0v) is 13.0. The highest BCUT2D eigenvalue weighted by Crippen LogP contribution is 2.34. The molecule has 1 heterocycles. The summed E-state index contributed by atoms with van der Waals surface area (Å²) in [6.45, 7) is 6.67. The smallest absolute Gasteiger partial charge is 0.137 e. The largest absolute Gasteiger partial charge is 0.383 e. The third-order valence-corrected chi connectivity index (χ3v) is 4.73. The molecule has 1 N–H and O–H groups in total. The van der Waals surface area contributed by atoms with Gasteiger partial charge in [-0.25, -0.2) is 14.1 Å². The van der Waals surface area contributed by atoms with Crippen molar-refractivity contribution in [1.82, 2.24) is 14.8 Å². The van der Waals surface area contributed by atoms with E-state index in [4.69, 9.17) is 0 Å². The standard InChI is InChI=1S/C14H20FN3OSi/c1-20(2,3)9-14(19,8-18-11-16-10-17-18)12-6-4-5-7-13(12)15/h4-7,10-11,19H,8-9H2,1-3H3. The average Bonchev–Trinajstić information content (AvgIpc) is 2.79. The molecule has 0 spiro atoms. The van der Waals surface area contributed by atoms with Crippen molar-refractivity contribution >= 4 is 8.07 Å². The minimum Gasteiger partial charge on any atom is -0.383 e. The van der Waals surface area contributed by atoms with E-state index in [-0.39, 0.29) is 12.4 Å². The van der Waals surface area contributed by atoms with Gasteiger partial charge < -0.3 is 5.11 Å². The molecule has 4 nitrogen and oxygen atoms in total. The van der Waals surface area contributed by atoms with Crippen molar-refractivity contribution in [2.24, 2.45) is 0 Å². The van der Waals surface area contributed by atoms with Crippen molar-refractivity contribution in [3.8, 4) is 0 Å². The molecule has 1 aromatic heterocycles. The second-order valence-corrected chi connectivity index (χ2v) is 11.8.